The maximum absolute atomic E-state index is 12.1. The van der Waals surface area contributed by atoms with Crippen molar-refractivity contribution in [1.29, 1.82) is 0 Å². The van der Waals surface area contributed by atoms with Crippen molar-refractivity contribution in [3.05, 3.63) is 33.8 Å². The molecule has 2 atom stereocenters. The third-order valence-corrected chi connectivity index (χ3v) is 3.79. The number of benzene rings is 1. The van der Waals surface area contributed by atoms with Gasteiger partial charge in [-0.05, 0) is 44.0 Å². The Hall–Kier alpha value is -0.870. The molecule has 4 heteroatoms. The van der Waals surface area contributed by atoms with Crippen molar-refractivity contribution in [2.24, 2.45) is 5.92 Å². The van der Waals surface area contributed by atoms with Gasteiger partial charge in [0.1, 0.15) is 0 Å². The van der Waals surface area contributed by atoms with Gasteiger partial charge in [0.05, 0.1) is 6.61 Å². The number of nitrogens with one attached hydrogen (secondary N) is 1. The summed E-state index contributed by atoms with van der Waals surface area (Å²) in [5, 5.41) is 3.05. The summed E-state index contributed by atoms with van der Waals surface area (Å²) < 4.78 is 6.28. The molecule has 1 aromatic carbocycles. The molecule has 0 bridgehead atoms. The van der Waals surface area contributed by atoms with Crippen LogP contribution in [0.25, 0.3) is 0 Å². The first kappa shape index (κ1) is 13.6. The summed E-state index contributed by atoms with van der Waals surface area (Å²) >= 11 is 3.41. The van der Waals surface area contributed by atoms with Crippen LogP contribution < -0.4 is 5.32 Å². The highest BCUT2D eigenvalue weighted by molar-refractivity contribution is 9.10. The van der Waals surface area contributed by atoms with E-state index in [-0.39, 0.29) is 11.9 Å². The molecule has 0 spiro atoms. The molecule has 3 nitrogen and oxygen atoms in total. The molecule has 1 aliphatic rings. The number of rotatable bonds is 3. The van der Waals surface area contributed by atoms with E-state index in [0.29, 0.717) is 11.5 Å². The molecule has 0 radical (unpaired) electrons. The summed E-state index contributed by atoms with van der Waals surface area (Å²) in [6.45, 7) is 5.58. The number of ether oxygens (including phenoxy) is 1. The van der Waals surface area contributed by atoms with Gasteiger partial charge in [0.15, 0.2) is 0 Å². The molecule has 1 aromatic rings. The Labute approximate surface area is 116 Å². The fraction of sp³-hybridized carbons (Fsp3) is 0.500. The summed E-state index contributed by atoms with van der Waals surface area (Å²) in [5.41, 5.74) is 1.78. The van der Waals surface area contributed by atoms with E-state index in [1.807, 2.05) is 32.0 Å². The fourth-order valence-electron chi connectivity index (χ4n) is 2.22. The Morgan fingerprint density at radius 2 is 2.28 bits per heavy atom. The molecule has 1 heterocycles. The van der Waals surface area contributed by atoms with Gasteiger partial charge >= 0.3 is 0 Å². The number of hydrogen-bond donors (Lipinski definition) is 1. The van der Waals surface area contributed by atoms with Gasteiger partial charge in [-0.2, -0.15) is 0 Å². The number of hydrogen-bond acceptors (Lipinski definition) is 2. The molecule has 1 N–H and O–H groups in total. The second-order valence-corrected chi connectivity index (χ2v) is 5.82. The molecule has 1 aliphatic heterocycles. The van der Waals surface area contributed by atoms with Crippen molar-refractivity contribution >= 4 is 21.8 Å². The van der Waals surface area contributed by atoms with Gasteiger partial charge in [0.25, 0.3) is 5.91 Å². The molecule has 0 unspecified atom stereocenters. The lowest BCUT2D eigenvalue weighted by Crippen LogP contribution is -2.38. The molecule has 1 fully saturated rings. The topological polar surface area (TPSA) is 38.3 Å². The maximum atomic E-state index is 12.1. The lowest BCUT2D eigenvalue weighted by molar-refractivity contribution is 0.0922. The van der Waals surface area contributed by atoms with Gasteiger partial charge in [-0.1, -0.05) is 15.9 Å². The largest absolute Gasteiger partial charge is 0.381 e. The zero-order valence-electron chi connectivity index (χ0n) is 10.7. The normalized spacial score (nSPS) is 20.7. The van der Waals surface area contributed by atoms with Crippen LogP contribution in [0.1, 0.15) is 29.3 Å². The quantitative estimate of drug-likeness (QED) is 0.932. The van der Waals surface area contributed by atoms with E-state index in [2.05, 4.69) is 21.2 Å². The van der Waals surface area contributed by atoms with Crippen LogP contribution >= 0.6 is 15.9 Å². The third-order valence-electron chi connectivity index (χ3n) is 3.34. The van der Waals surface area contributed by atoms with E-state index >= 15 is 0 Å². The van der Waals surface area contributed by atoms with Crippen LogP contribution in [0.15, 0.2) is 22.7 Å². The second-order valence-electron chi connectivity index (χ2n) is 4.90. The zero-order chi connectivity index (χ0) is 13.1. The van der Waals surface area contributed by atoms with E-state index in [9.17, 15) is 4.79 Å². The predicted octanol–water partition coefficient (Wildman–Crippen LogP) is 2.91. The third kappa shape index (κ3) is 3.33. The van der Waals surface area contributed by atoms with Gasteiger partial charge in [-0.3, -0.25) is 4.79 Å². The van der Waals surface area contributed by atoms with E-state index < -0.39 is 0 Å². The number of carbonyl (C=O) groups is 1. The Kier molecular flexibility index (Phi) is 4.40. The minimum atomic E-state index is -0.0150. The average Bonchev–Trinajstić information content (AvgIpc) is 2.80. The molecular formula is C14H18BrNO2. The molecule has 0 saturated carbocycles. The molecule has 1 amide bonds. The number of aryl methyl sites for hydroxylation is 1. The van der Waals surface area contributed by atoms with E-state index in [4.69, 9.17) is 4.74 Å². The lowest BCUT2D eigenvalue weighted by Gasteiger charge is -2.19. The molecule has 1 saturated heterocycles. The summed E-state index contributed by atoms with van der Waals surface area (Å²) in [4.78, 5) is 12.1. The highest BCUT2D eigenvalue weighted by Crippen LogP contribution is 2.18. The van der Waals surface area contributed by atoms with Gasteiger partial charge in [0, 0.05) is 28.6 Å². The molecule has 0 aliphatic carbocycles. The van der Waals surface area contributed by atoms with Crippen LogP contribution in [-0.2, 0) is 4.74 Å². The van der Waals surface area contributed by atoms with Crippen molar-refractivity contribution in [2.75, 3.05) is 13.2 Å². The van der Waals surface area contributed by atoms with Crippen molar-refractivity contribution in [2.45, 2.75) is 26.3 Å². The maximum Gasteiger partial charge on any atom is 0.251 e. The van der Waals surface area contributed by atoms with E-state index in [1.165, 1.54) is 0 Å². The average molecular weight is 312 g/mol. The first-order chi connectivity index (χ1) is 8.56. The van der Waals surface area contributed by atoms with E-state index in [1.54, 1.807) is 0 Å². The van der Waals surface area contributed by atoms with Crippen LogP contribution in [0.3, 0.4) is 0 Å². The molecule has 0 aromatic heterocycles. The molecule has 2 rings (SSSR count). The summed E-state index contributed by atoms with van der Waals surface area (Å²) in [6, 6.07) is 5.89. The lowest BCUT2D eigenvalue weighted by atomic mass is 10.0. The molecular weight excluding hydrogens is 294 g/mol. The summed E-state index contributed by atoms with van der Waals surface area (Å²) in [7, 11) is 0. The first-order valence-corrected chi connectivity index (χ1v) is 7.01. The standard InChI is InChI=1S/C14H18BrNO2/c1-9-5-12(7-13(15)6-9)14(17)16-10(2)11-3-4-18-8-11/h5-7,10-11H,3-4,8H2,1-2H3,(H,16,17)/t10-,11+/m0/s1. The minimum absolute atomic E-state index is 0.0150. The van der Waals surface area contributed by atoms with Crippen molar-refractivity contribution in [1.82, 2.24) is 5.32 Å². The monoisotopic (exact) mass is 311 g/mol. The highest BCUT2D eigenvalue weighted by Gasteiger charge is 2.23. The molecule has 98 valence electrons. The van der Waals surface area contributed by atoms with Gasteiger partial charge < -0.3 is 10.1 Å². The summed E-state index contributed by atoms with van der Waals surface area (Å²) in [5.74, 6) is 0.418. The number of halogens is 1. The highest BCUT2D eigenvalue weighted by atomic mass is 79.9. The fourth-order valence-corrected chi connectivity index (χ4v) is 2.83. The number of carbonyl (C=O) groups excluding carboxylic acids is 1. The number of amides is 1. The first-order valence-electron chi connectivity index (χ1n) is 6.22. The van der Waals surface area contributed by atoms with Crippen LogP contribution in [0.2, 0.25) is 0 Å². The Morgan fingerprint density at radius 3 is 2.89 bits per heavy atom. The van der Waals surface area contributed by atoms with E-state index in [0.717, 1.165) is 29.7 Å². The van der Waals surface area contributed by atoms with Crippen LogP contribution in [0.4, 0.5) is 0 Å². The Morgan fingerprint density at radius 1 is 1.50 bits per heavy atom. The SMILES string of the molecule is Cc1cc(Br)cc(C(=O)N[C@@H](C)[C@@H]2CCOC2)c1. The molecule has 18 heavy (non-hydrogen) atoms. The smallest absolute Gasteiger partial charge is 0.251 e. The Balaban J connectivity index is 2.02. The van der Waals surface area contributed by atoms with Gasteiger partial charge in [-0.25, -0.2) is 0 Å². The van der Waals surface area contributed by atoms with Crippen molar-refractivity contribution in [3.63, 3.8) is 0 Å². The van der Waals surface area contributed by atoms with Crippen LogP contribution in [0, 0.1) is 12.8 Å². The van der Waals surface area contributed by atoms with Gasteiger partial charge in [0.2, 0.25) is 0 Å². The van der Waals surface area contributed by atoms with Crippen LogP contribution in [-0.4, -0.2) is 25.2 Å². The second kappa shape index (κ2) is 5.85. The minimum Gasteiger partial charge on any atom is -0.381 e. The summed E-state index contributed by atoms with van der Waals surface area (Å²) in [6.07, 6.45) is 1.03. The Bertz CT molecular complexity index is 421. The predicted molar refractivity (Wildman–Crippen MR) is 74.7 cm³/mol. The van der Waals surface area contributed by atoms with Crippen molar-refractivity contribution < 1.29 is 9.53 Å². The van der Waals surface area contributed by atoms with Crippen molar-refractivity contribution in [3.8, 4) is 0 Å². The van der Waals surface area contributed by atoms with Gasteiger partial charge in [-0.15, -0.1) is 0 Å². The van der Waals surface area contributed by atoms with Crippen LogP contribution in [0.5, 0.6) is 0 Å². The zero-order valence-corrected chi connectivity index (χ0v) is 12.3.